The summed E-state index contributed by atoms with van der Waals surface area (Å²) in [6.45, 7) is 7.22. The molecule has 0 aromatic carbocycles. The summed E-state index contributed by atoms with van der Waals surface area (Å²) in [5, 5.41) is 19.5. The van der Waals surface area contributed by atoms with Crippen molar-refractivity contribution in [2.75, 3.05) is 7.11 Å². The fourth-order valence-corrected chi connectivity index (χ4v) is 2.01. The quantitative estimate of drug-likeness (QED) is 0.592. The van der Waals surface area contributed by atoms with Crippen LogP contribution in [0.2, 0.25) is 5.31 Å². The number of methoxy groups -OCH3 is 1. The Morgan fingerprint density at radius 2 is 1.69 bits per heavy atom. The Morgan fingerprint density at radius 3 is 1.85 bits per heavy atom. The van der Waals surface area contributed by atoms with E-state index in [0.717, 1.165) is 0 Å². The first-order valence-corrected chi connectivity index (χ1v) is 4.65. The summed E-state index contributed by atoms with van der Waals surface area (Å²) in [5.41, 5.74) is -0.326. The van der Waals surface area contributed by atoms with Crippen molar-refractivity contribution in [1.82, 2.24) is 0 Å². The third-order valence-corrected chi connectivity index (χ3v) is 4.03. The summed E-state index contributed by atoms with van der Waals surface area (Å²) in [5.74, 6) is 0. The van der Waals surface area contributed by atoms with Crippen molar-refractivity contribution in [3.63, 3.8) is 0 Å². The van der Waals surface area contributed by atoms with Crippen LogP contribution < -0.4 is 0 Å². The van der Waals surface area contributed by atoms with Gasteiger partial charge in [-0.2, -0.15) is 0 Å². The Labute approximate surface area is 80.2 Å². The molecule has 1 heterocycles. The van der Waals surface area contributed by atoms with Gasteiger partial charge in [-0.05, 0) is 10.7 Å². The van der Waals surface area contributed by atoms with E-state index < -0.39 is 19.0 Å². The molecule has 3 nitrogen and oxygen atoms in total. The molecule has 0 amide bonds. The molecule has 13 heavy (non-hydrogen) atoms. The third kappa shape index (κ3) is 1.23. The van der Waals surface area contributed by atoms with E-state index in [9.17, 15) is 10.1 Å². The molecule has 1 saturated heterocycles. The molecular weight excluding hydrogens is 167 g/mol. The van der Waals surface area contributed by atoms with Gasteiger partial charge < -0.3 is 14.9 Å². The summed E-state index contributed by atoms with van der Waals surface area (Å²) in [7, 11) is 1.52. The lowest BCUT2D eigenvalue weighted by Crippen LogP contribution is -2.38. The van der Waals surface area contributed by atoms with E-state index in [-0.39, 0.29) is 10.7 Å². The second-order valence-electron chi connectivity index (χ2n) is 5.03. The van der Waals surface area contributed by atoms with Gasteiger partial charge in [-0.15, -0.1) is 0 Å². The Bertz CT molecular complexity index is 183. The Kier molecular flexibility index (Phi) is 2.52. The Morgan fingerprint density at radius 1 is 1.23 bits per heavy atom. The minimum atomic E-state index is -0.609. The number of aliphatic hydroxyl groups is 1. The fourth-order valence-electron chi connectivity index (χ4n) is 2.01. The van der Waals surface area contributed by atoms with Crippen molar-refractivity contribution in [3.05, 3.63) is 0 Å². The minimum Gasteiger partial charge on any atom is -0.448 e. The number of hydrogen-bond donors (Lipinski definition) is 2. The summed E-state index contributed by atoms with van der Waals surface area (Å²) in [6.07, 6.45) is -0.609. The van der Waals surface area contributed by atoms with Gasteiger partial charge in [0.1, 0.15) is 0 Å². The van der Waals surface area contributed by atoms with E-state index >= 15 is 0 Å². The van der Waals surface area contributed by atoms with Crippen LogP contribution in [-0.4, -0.2) is 36.3 Å². The third-order valence-electron chi connectivity index (χ3n) is 4.03. The Hall–Kier alpha value is -0.0551. The average molecular weight is 186 g/mol. The normalized spacial score (nSPS) is 36.7. The zero-order valence-corrected chi connectivity index (χ0v) is 9.03. The predicted molar refractivity (Wildman–Crippen MR) is 52.6 cm³/mol. The molecular formula is C9H19BO3. The first-order valence-electron chi connectivity index (χ1n) is 4.65. The van der Waals surface area contributed by atoms with Crippen LogP contribution in [0, 0.1) is 5.41 Å². The molecule has 2 N–H and O–H groups in total. The van der Waals surface area contributed by atoms with Crippen molar-refractivity contribution in [2.45, 2.75) is 45.1 Å². The van der Waals surface area contributed by atoms with Crippen LogP contribution in [-0.2, 0) is 4.74 Å². The van der Waals surface area contributed by atoms with E-state index in [0.29, 0.717) is 0 Å². The molecule has 1 fully saturated rings. The second-order valence-corrected chi connectivity index (χ2v) is 5.03. The van der Waals surface area contributed by atoms with E-state index in [1.54, 1.807) is 0 Å². The summed E-state index contributed by atoms with van der Waals surface area (Å²) in [6, 6.07) is -0.468. The molecule has 2 atom stereocenters. The zero-order chi connectivity index (χ0) is 10.4. The highest BCUT2D eigenvalue weighted by atomic mass is 16.5. The number of rotatable bonds is 1. The number of aliphatic hydroxyl groups excluding tert-OH is 1. The Balaban J connectivity index is 3.04. The van der Waals surface area contributed by atoms with Crippen LogP contribution >= 0.6 is 0 Å². The lowest BCUT2D eigenvalue weighted by Gasteiger charge is -2.37. The van der Waals surface area contributed by atoms with E-state index in [1.165, 1.54) is 7.11 Å². The lowest BCUT2D eigenvalue weighted by molar-refractivity contribution is -0.0272. The molecule has 0 aliphatic carbocycles. The zero-order valence-electron chi connectivity index (χ0n) is 9.03. The van der Waals surface area contributed by atoms with Gasteiger partial charge in [0, 0.05) is 7.11 Å². The van der Waals surface area contributed by atoms with E-state index in [4.69, 9.17) is 4.74 Å². The molecule has 0 bridgehead atoms. The maximum absolute atomic E-state index is 9.94. The maximum Gasteiger partial charge on any atom is 0.328 e. The maximum atomic E-state index is 9.94. The molecule has 0 radical (unpaired) electrons. The van der Waals surface area contributed by atoms with Crippen LogP contribution in [0.4, 0.5) is 0 Å². The van der Waals surface area contributed by atoms with Gasteiger partial charge >= 0.3 is 6.92 Å². The molecule has 0 saturated carbocycles. The predicted octanol–water partition coefficient (Wildman–Crippen LogP) is 0.705. The standard InChI is InChI=1S/C9H19BO3/c1-8(2)6(11)7(13-5)10(12)9(8,3)4/h6-7,11-12H,1-5H3. The van der Waals surface area contributed by atoms with Crippen molar-refractivity contribution >= 4 is 6.92 Å². The molecule has 0 aromatic rings. The van der Waals surface area contributed by atoms with Gasteiger partial charge in [0.15, 0.2) is 0 Å². The van der Waals surface area contributed by atoms with Crippen molar-refractivity contribution < 1.29 is 14.9 Å². The summed E-state index contributed by atoms with van der Waals surface area (Å²) in [4.78, 5) is 0. The van der Waals surface area contributed by atoms with Gasteiger partial charge in [-0.25, -0.2) is 0 Å². The number of hydrogen-bond acceptors (Lipinski definition) is 3. The van der Waals surface area contributed by atoms with Crippen LogP contribution in [0.1, 0.15) is 27.7 Å². The average Bonchev–Trinajstić information content (AvgIpc) is 2.13. The van der Waals surface area contributed by atoms with Crippen molar-refractivity contribution in [2.24, 2.45) is 5.41 Å². The minimum absolute atomic E-state index is 0.326. The topological polar surface area (TPSA) is 49.7 Å². The highest BCUT2D eigenvalue weighted by Crippen LogP contribution is 2.56. The smallest absolute Gasteiger partial charge is 0.328 e. The van der Waals surface area contributed by atoms with Gasteiger partial charge in [0.2, 0.25) is 0 Å². The lowest BCUT2D eigenvalue weighted by atomic mass is 9.44. The van der Waals surface area contributed by atoms with Crippen LogP contribution in [0.15, 0.2) is 0 Å². The summed E-state index contributed by atoms with van der Waals surface area (Å²) >= 11 is 0. The molecule has 0 aromatic heterocycles. The van der Waals surface area contributed by atoms with E-state index in [2.05, 4.69) is 0 Å². The monoisotopic (exact) mass is 186 g/mol. The SMILES string of the molecule is COC1B(O)C(C)(C)C(C)(C)C1O. The van der Waals surface area contributed by atoms with Crippen LogP contribution in [0.5, 0.6) is 0 Å². The molecule has 2 unspecified atom stereocenters. The van der Waals surface area contributed by atoms with Gasteiger partial charge in [-0.1, -0.05) is 27.7 Å². The first-order chi connectivity index (χ1) is 5.76. The molecule has 1 aliphatic heterocycles. The first kappa shape index (κ1) is 11.0. The molecule has 1 rings (SSSR count). The summed E-state index contributed by atoms with van der Waals surface area (Å²) < 4.78 is 5.11. The van der Waals surface area contributed by atoms with Crippen molar-refractivity contribution in [1.29, 1.82) is 0 Å². The van der Waals surface area contributed by atoms with Gasteiger partial charge in [-0.3, -0.25) is 0 Å². The van der Waals surface area contributed by atoms with Gasteiger partial charge in [0.05, 0.1) is 12.1 Å². The molecule has 4 heteroatoms. The highest BCUT2D eigenvalue weighted by molar-refractivity contribution is 6.57. The molecule has 1 aliphatic rings. The van der Waals surface area contributed by atoms with Crippen LogP contribution in [0.25, 0.3) is 0 Å². The largest absolute Gasteiger partial charge is 0.448 e. The highest BCUT2D eigenvalue weighted by Gasteiger charge is 2.62. The molecule has 0 spiro atoms. The number of ether oxygens (including phenoxy) is 1. The second kappa shape index (κ2) is 2.97. The van der Waals surface area contributed by atoms with Crippen molar-refractivity contribution in [3.8, 4) is 0 Å². The molecule has 76 valence electrons. The van der Waals surface area contributed by atoms with Gasteiger partial charge in [0.25, 0.3) is 0 Å². The fraction of sp³-hybridized carbons (Fsp3) is 1.00. The van der Waals surface area contributed by atoms with Crippen LogP contribution in [0.3, 0.4) is 0 Å². The van der Waals surface area contributed by atoms with E-state index in [1.807, 2.05) is 27.7 Å².